The predicted molar refractivity (Wildman–Crippen MR) is 87.8 cm³/mol. The first-order valence-corrected chi connectivity index (χ1v) is 7.37. The fourth-order valence-corrected chi connectivity index (χ4v) is 2.05. The molecule has 0 saturated carbocycles. The number of anilines is 1. The second kappa shape index (κ2) is 7.40. The van der Waals surface area contributed by atoms with E-state index in [9.17, 15) is 9.59 Å². The van der Waals surface area contributed by atoms with Crippen molar-refractivity contribution < 1.29 is 14.3 Å². The van der Waals surface area contributed by atoms with Gasteiger partial charge < -0.3 is 15.4 Å². The van der Waals surface area contributed by atoms with Crippen molar-refractivity contribution in [3.8, 4) is 0 Å². The number of benzene rings is 1. The fraction of sp³-hybridized carbons (Fsp3) is 0.529. The summed E-state index contributed by atoms with van der Waals surface area (Å²) in [6.07, 6.45) is 0. The lowest BCUT2D eigenvalue weighted by atomic mass is 10.0. The van der Waals surface area contributed by atoms with Crippen molar-refractivity contribution >= 4 is 17.6 Å². The zero-order valence-corrected chi connectivity index (χ0v) is 14.3. The van der Waals surface area contributed by atoms with Gasteiger partial charge in [0.1, 0.15) is 6.61 Å². The second-order valence-corrected chi connectivity index (χ2v) is 6.54. The first kappa shape index (κ1) is 18.2. The number of carbonyl (C=O) groups is 2. The van der Waals surface area contributed by atoms with E-state index in [0.29, 0.717) is 0 Å². The molecule has 0 bridgehead atoms. The van der Waals surface area contributed by atoms with Crippen LogP contribution in [0, 0.1) is 13.8 Å². The molecular weight excluding hydrogens is 280 g/mol. The largest absolute Gasteiger partial charge is 0.461 e. The van der Waals surface area contributed by atoms with E-state index in [1.807, 2.05) is 46.8 Å². The van der Waals surface area contributed by atoms with Crippen LogP contribution in [0.1, 0.15) is 44.4 Å². The van der Waals surface area contributed by atoms with Gasteiger partial charge >= 0.3 is 5.97 Å². The quantitative estimate of drug-likeness (QED) is 0.821. The summed E-state index contributed by atoms with van der Waals surface area (Å²) in [4.78, 5) is 22.9. The van der Waals surface area contributed by atoms with Gasteiger partial charge in [0, 0.05) is 18.2 Å². The van der Waals surface area contributed by atoms with Crippen molar-refractivity contribution in [3.63, 3.8) is 0 Å². The fourth-order valence-electron chi connectivity index (χ4n) is 2.05. The molecule has 1 aromatic rings. The number of esters is 1. The number of rotatable bonds is 5. The Balaban J connectivity index is 2.75. The van der Waals surface area contributed by atoms with Crippen molar-refractivity contribution in [1.82, 2.24) is 5.32 Å². The molecule has 0 aromatic heterocycles. The second-order valence-electron chi connectivity index (χ2n) is 6.54. The van der Waals surface area contributed by atoms with Crippen LogP contribution in [0.15, 0.2) is 12.1 Å². The first-order valence-electron chi connectivity index (χ1n) is 7.37. The van der Waals surface area contributed by atoms with Gasteiger partial charge in [0.05, 0.1) is 6.54 Å². The van der Waals surface area contributed by atoms with Gasteiger partial charge in [-0.25, -0.2) is 0 Å². The molecule has 0 aliphatic heterocycles. The predicted octanol–water partition coefficient (Wildman–Crippen LogP) is 2.69. The monoisotopic (exact) mass is 306 g/mol. The zero-order chi connectivity index (χ0) is 16.9. The molecule has 0 saturated heterocycles. The number of aryl methyl sites for hydroxylation is 2. The molecule has 0 spiro atoms. The lowest BCUT2D eigenvalue weighted by molar-refractivity contribution is -0.142. The SMILES string of the molecule is CC(=O)OCc1cc(C)c(NC(=O)CNC(C)(C)C)c(C)c1. The molecule has 0 heterocycles. The van der Waals surface area contributed by atoms with E-state index < -0.39 is 0 Å². The third-order valence-electron chi connectivity index (χ3n) is 3.08. The van der Waals surface area contributed by atoms with Crippen LogP contribution in [0.5, 0.6) is 0 Å². The smallest absolute Gasteiger partial charge is 0.302 e. The summed E-state index contributed by atoms with van der Waals surface area (Å²) in [5.74, 6) is -0.380. The minimum Gasteiger partial charge on any atom is -0.461 e. The lowest BCUT2D eigenvalue weighted by Gasteiger charge is -2.21. The van der Waals surface area contributed by atoms with Crippen LogP contribution >= 0.6 is 0 Å². The first-order chi connectivity index (χ1) is 10.1. The lowest BCUT2D eigenvalue weighted by Crippen LogP contribution is -2.41. The summed E-state index contributed by atoms with van der Waals surface area (Å²) in [6.45, 7) is 11.8. The Bertz CT molecular complexity index is 537. The Hall–Kier alpha value is -1.88. The van der Waals surface area contributed by atoms with Crippen LogP contribution in [0.4, 0.5) is 5.69 Å². The summed E-state index contributed by atoms with van der Waals surface area (Å²) >= 11 is 0. The third kappa shape index (κ3) is 6.26. The molecule has 5 nitrogen and oxygen atoms in total. The van der Waals surface area contributed by atoms with Crippen LogP contribution in [0.25, 0.3) is 0 Å². The molecule has 0 aliphatic carbocycles. The summed E-state index contributed by atoms with van der Waals surface area (Å²) in [5.41, 5.74) is 3.52. The Morgan fingerprint density at radius 2 is 1.68 bits per heavy atom. The summed E-state index contributed by atoms with van der Waals surface area (Å²) in [6, 6.07) is 3.84. The molecule has 1 aromatic carbocycles. The highest BCUT2D eigenvalue weighted by Gasteiger charge is 2.13. The van der Waals surface area contributed by atoms with E-state index in [1.165, 1.54) is 6.92 Å². The minimum atomic E-state index is -0.305. The van der Waals surface area contributed by atoms with Crippen molar-refractivity contribution in [1.29, 1.82) is 0 Å². The summed E-state index contributed by atoms with van der Waals surface area (Å²) in [7, 11) is 0. The van der Waals surface area contributed by atoms with Crippen LogP contribution in [0.2, 0.25) is 0 Å². The van der Waals surface area contributed by atoms with Gasteiger partial charge in [-0.1, -0.05) is 12.1 Å². The van der Waals surface area contributed by atoms with E-state index in [4.69, 9.17) is 4.74 Å². The highest BCUT2D eigenvalue weighted by atomic mass is 16.5. The average Bonchev–Trinajstić information content (AvgIpc) is 2.37. The maximum Gasteiger partial charge on any atom is 0.302 e. The Kier molecular flexibility index (Phi) is 6.11. The van der Waals surface area contributed by atoms with Crippen molar-refractivity contribution in [2.45, 2.75) is 53.7 Å². The molecular formula is C17H26N2O3. The van der Waals surface area contributed by atoms with Gasteiger partial charge in [-0.15, -0.1) is 0 Å². The topological polar surface area (TPSA) is 67.4 Å². The molecule has 1 rings (SSSR count). The Morgan fingerprint density at radius 3 is 2.14 bits per heavy atom. The maximum absolute atomic E-state index is 12.0. The van der Waals surface area contributed by atoms with Gasteiger partial charge in [-0.2, -0.15) is 0 Å². The summed E-state index contributed by atoms with van der Waals surface area (Å²) in [5, 5.41) is 6.09. The number of nitrogens with one attached hydrogen (secondary N) is 2. The normalized spacial score (nSPS) is 11.2. The van der Waals surface area contributed by atoms with Gasteiger partial charge in [0.15, 0.2) is 0 Å². The number of amides is 1. The van der Waals surface area contributed by atoms with E-state index in [2.05, 4.69) is 10.6 Å². The molecule has 0 radical (unpaired) electrons. The highest BCUT2D eigenvalue weighted by molar-refractivity contribution is 5.93. The zero-order valence-electron chi connectivity index (χ0n) is 14.3. The number of hydrogen-bond donors (Lipinski definition) is 2. The van der Waals surface area contributed by atoms with Crippen LogP contribution in [0.3, 0.4) is 0 Å². The van der Waals surface area contributed by atoms with Gasteiger partial charge in [-0.3, -0.25) is 9.59 Å². The number of hydrogen-bond acceptors (Lipinski definition) is 4. The number of carbonyl (C=O) groups excluding carboxylic acids is 2. The van der Waals surface area contributed by atoms with Crippen LogP contribution in [-0.4, -0.2) is 24.0 Å². The van der Waals surface area contributed by atoms with Crippen molar-refractivity contribution in [2.75, 3.05) is 11.9 Å². The molecule has 22 heavy (non-hydrogen) atoms. The van der Waals surface area contributed by atoms with Gasteiger partial charge in [0.25, 0.3) is 0 Å². The third-order valence-corrected chi connectivity index (χ3v) is 3.08. The molecule has 1 amide bonds. The highest BCUT2D eigenvalue weighted by Crippen LogP contribution is 2.22. The summed E-state index contributed by atoms with van der Waals surface area (Å²) < 4.78 is 5.00. The van der Waals surface area contributed by atoms with Crippen molar-refractivity contribution in [3.05, 3.63) is 28.8 Å². The van der Waals surface area contributed by atoms with Crippen LogP contribution in [-0.2, 0) is 20.9 Å². The molecule has 0 aliphatic rings. The van der Waals surface area contributed by atoms with Crippen molar-refractivity contribution in [2.24, 2.45) is 0 Å². The molecule has 0 atom stereocenters. The molecule has 0 fully saturated rings. The Labute approximate surface area is 132 Å². The number of ether oxygens (including phenoxy) is 1. The van der Waals surface area contributed by atoms with E-state index in [0.717, 1.165) is 22.4 Å². The standard InChI is InChI=1S/C17H26N2O3/c1-11-7-14(10-22-13(3)20)8-12(2)16(11)19-15(21)9-18-17(4,5)6/h7-8,18H,9-10H2,1-6H3,(H,19,21). The molecule has 5 heteroatoms. The Morgan fingerprint density at radius 1 is 1.14 bits per heavy atom. The van der Waals surface area contributed by atoms with E-state index >= 15 is 0 Å². The maximum atomic E-state index is 12.0. The molecule has 2 N–H and O–H groups in total. The van der Waals surface area contributed by atoms with Crippen LogP contribution < -0.4 is 10.6 Å². The average molecular weight is 306 g/mol. The minimum absolute atomic E-state index is 0.0751. The van der Waals surface area contributed by atoms with E-state index in [-0.39, 0.29) is 30.6 Å². The molecule has 122 valence electrons. The van der Waals surface area contributed by atoms with Gasteiger partial charge in [0.2, 0.25) is 5.91 Å². The van der Waals surface area contributed by atoms with E-state index in [1.54, 1.807) is 0 Å². The van der Waals surface area contributed by atoms with Gasteiger partial charge in [-0.05, 0) is 51.3 Å². The molecule has 0 unspecified atom stereocenters.